The van der Waals surface area contributed by atoms with E-state index in [1.165, 1.54) is 7.05 Å². The number of hydrogen-bond acceptors (Lipinski definition) is 5. The van der Waals surface area contributed by atoms with Gasteiger partial charge in [0.1, 0.15) is 6.33 Å². The van der Waals surface area contributed by atoms with Gasteiger partial charge in [0.2, 0.25) is 0 Å². The molecule has 8 nitrogen and oxygen atoms in total. The zero-order valence-corrected chi connectivity index (χ0v) is 11.8. The molecule has 3 fully saturated rings. The summed E-state index contributed by atoms with van der Waals surface area (Å²) in [5, 5.41) is 9.63. The molecule has 1 amide bonds. The van der Waals surface area contributed by atoms with Gasteiger partial charge in [0.05, 0.1) is 5.41 Å². The molecule has 122 valence electrons. The Balaban J connectivity index is 1.62. The summed E-state index contributed by atoms with van der Waals surface area (Å²) < 4.78 is 41.2. The van der Waals surface area contributed by atoms with Gasteiger partial charge in [-0.1, -0.05) is 5.21 Å². The van der Waals surface area contributed by atoms with Crippen molar-refractivity contribution in [2.45, 2.75) is 25.1 Å². The van der Waals surface area contributed by atoms with Crippen molar-refractivity contribution in [1.29, 1.82) is 0 Å². The van der Waals surface area contributed by atoms with Gasteiger partial charge in [-0.05, 0) is 18.8 Å². The third-order valence-corrected chi connectivity index (χ3v) is 4.88. The van der Waals surface area contributed by atoms with Crippen LogP contribution in [-0.2, 0) is 7.05 Å². The van der Waals surface area contributed by atoms with Gasteiger partial charge in [0, 0.05) is 13.1 Å². The minimum atomic E-state index is -4.34. The lowest BCUT2D eigenvalue weighted by molar-refractivity contribution is -0.339. The van der Waals surface area contributed by atoms with Crippen molar-refractivity contribution >= 4 is 11.6 Å². The molecule has 3 saturated carbocycles. The zero-order valence-electron chi connectivity index (χ0n) is 11.8. The first-order chi connectivity index (χ1) is 10.7. The molecule has 23 heavy (non-hydrogen) atoms. The maximum absolute atomic E-state index is 13.1. The number of carbonyl (C=O) groups is 1. The number of hydrogen-bond donors (Lipinski definition) is 1. The van der Waals surface area contributed by atoms with Gasteiger partial charge in [0.15, 0.2) is 11.3 Å². The Morgan fingerprint density at radius 1 is 1.43 bits per heavy atom. The van der Waals surface area contributed by atoms with Crippen LogP contribution in [0.3, 0.4) is 0 Å². The van der Waals surface area contributed by atoms with Crippen LogP contribution in [0.2, 0.25) is 0 Å². The second-order valence-electron chi connectivity index (χ2n) is 6.06. The molecule has 0 radical (unpaired) electrons. The number of nitrogens with one attached hydrogen (secondary N) is 1. The summed E-state index contributed by atoms with van der Waals surface area (Å²) in [6.45, 7) is 0. The SMILES string of the molecule is Cn1nnc2c(C(=O)NC3C4CC3(C(F)(F)F)C4)ncn2c1=O. The van der Waals surface area contributed by atoms with Crippen LogP contribution in [0.5, 0.6) is 0 Å². The van der Waals surface area contributed by atoms with Crippen LogP contribution < -0.4 is 11.0 Å². The standard InChI is InChI=1S/C12H11F3N6O2/c1-20-10(23)21-4-16-6(8(21)18-19-20)9(22)17-7-5-2-11(7,3-5)12(13,14)15/h4-5,7H,2-3H2,1H3,(H,17,22). The van der Waals surface area contributed by atoms with Crippen LogP contribution >= 0.6 is 0 Å². The van der Waals surface area contributed by atoms with Gasteiger partial charge < -0.3 is 5.32 Å². The van der Waals surface area contributed by atoms with Crippen molar-refractivity contribution in [2.75, 3.05) is 0 Å². The fourth-order valence-electron chi connectivity index (χ4n) is 3.41. The molecule has 5 rings (SSSR count). The minimum Gasteiger partial charge on any atom is -0.347 e. The van der Waals surface area contributed by atoms with Crippen LogP contribution in [-0.4, -0.2) is 42.5 Å². The van der Waals surface area contributed by atoms with Crippen molar-refractivity contribution in [3.05, 3.63) is 22.5 Å². The van der Waals surface area contributed by atoms with Gasteiger partial charge in [-0.3, -0.25) is 4.79 Å². The summed E-state index contributed by atoms with van der Waals surface area (Å²) in [6.07, 6.45) is -3.15. The molecule has 0 aromatic carbocycles. The van der Waals surface area contributed by atoms with Crippen LogP contribution in [0.4, 0.5) is 13.2 Å². The van der Waals surface area contributed by atoms with E-state index in [4.69, 9.17) is 0 Å². The number of alkyl halides is 3. The molecule has 3 aliphatic rings. The largest absolute Gasteiger partial charge is 0.396 e. The molecule has 1 atom stereocenters. The summed E-state index contributed by atoms with van der Waals surface area (Å²) in [4.78, 5) is 27.8. The highest BCUT2D eigenvalue weighted by Crippen LogP contribution is 2.71. The molecule has 0 spiro atoms. The smallest absolute Gasteiger partial charge is 0.347 e. The molecule has 11 heteroatoms. The van der Waals surface area contributed by atoms with Crippen LogP contribution in [0.25, 0.3) is 5.65 Å². The third kappa shape index (κ3) is 1.64. The second-order valence-corrected chi connectivity index (χ2v) is 6.06. The van der Waals surface area contributed by atoms with E-state index in [0.717, 1.165) is 15.4 Å². The normalized spacial score (nSPS) is 29.0. The van der Waals surface area contributed by atoms with Gasteiger partial charge in [-0.25, -0.2) is 14.2 Å². The van der Waals surface area contributed by atoms with Crippen molar-refractivity contribution in [3.63, 3.8) is 0 Å². The van der Waals surface area contributed by atoms with Crippen molar-refractivity contribution < 1.29 is 18.0 Å². The van der Waals surface area contributed by atoms with Crippen molar-refractivity contribution in [2.24, 2.45) is 18.4 Å². The van der Waals surface area contributed by atoms with E-state index in [2.05, 4.69) is 20.6 Å². The van der Waals surface area contributed by atoms with Crippen LogP contribution in [0, 0.1) is 11.3 Å². The Labute approximate surface area is 126 Å². The molecular formula is C12H11F3N6O2. The van der Waals surface area contributed by atoms with Crippen LogP contribution in [0.1, 0.15) is 23.3 Å². The molecule has 1 unspecified atom stereocenters. The molecule has 2 aromatic rings. The van der Waals surface area contributed by atoms with E-state index >= 15 is 0 Å². The number of imidazole rings is 1. The lowest BCUT2D eigenvalue weighted by Gasteiger charge is -2.67. The number of rotatable bonds is 2. The number of amides is 1. The lowest BCUT2D eigenvalue weighted by Crippen LogP contribution is -2.77. The molecule has 2 heterocycles. The number of aryl methyl sites for hydroxylation is 1. The summed E-state index contributed by atoms with van der Waals surface area (Å²) in [6, 6.07) is -0.939. The van der Waals surface area contributed by atoms with E-state index in [-0.39, 0.29) is 30.1 Å². The van der Waals surface area contributed by atoms with Gasteiger partial charge in [0.25, 0.3) is 5.91 Å². The lowest BCUT2D eigenvalue weighted by atomic mass is 9.40. The number of halogens is 3. The summed E-state index contributed by atoms with van der Waals surface area (Å²) >= 11 is 0. The third-order valence-electron chi connectivity index (χ3n) is 4.88. The highest BCUT2D eigenvalue weighted by atomic mass is 19.4. The highest BCUT2D eigenvalue weighted by Gasteiger charge is 2.77. The van der Waals surface area contributed by atoms with E-state index in [0.29, 0.717) is 0 Å². The molecule has 1 N–H and O–H groups in total. The molecule has 2 aromatic heterocycles. The first kappa shape index (κ1) is 14.2. The predicted octanol–water partition coefficient (Wildman–Crippen LogP) is -0.106. The fourth-order valence-corrected chi connectivity index (χ4v) is 3.41. The molecule has 2 bridgehead atoms. The Morgan fingerprint density at radius 3 is 2.70 bits per heavy atom. The van der Waals surface area contributed by atoms with E-state index in [1.54, 1.807) is 0 Å². The van der Waals surface area contributed by atoms with Gasteiger partial charge in [-0.2, -0.15) is 17.9 Å². The first-order valence-corrected chi connectivity index (χ1v) is 6.89. The average molecular weight is 328 g/mol. The quantitative estimate of drug-likeness (QED) is 0.830. The first-order valence-electron chi connectivity index (χ1n) is 6.89. The topological polar surface area (TPSA) is 94.2 Å². The minimum absolute atomic E-state index is 0.0474. The number of nitrogens with zero attached hydrogens (tertiary/aromatic N) is 5. The highest BCUT2D eigenvalue weighted by molar-refractivity contribution is 5.98. The Morgan fingerprint density at radius 2 is 2.13 bits per heavy atom. The molecular weight excluding hydrogens is 317 g/mol. The van der Waals surface area contributed by atoms with Crippen LogP contribution in [0.15, 0.2) is 11.1 Å². The number of fused-ring (bicyclic) bond motifs is 1. The molecule has 0 saturated heterocycles. The fraction of sp³-hybridized carbons (Fsp3) is 0.583. The Bertz CT molecular complexity index is 879. The number of carbonyl (C=O) groups excluding carboxylic acids is 1. The zero-order chi connectivity index (χ0) is 16.6. The van der Waals surface area contributed by atoms with E-state index in [1.807, 2.05) is 0 Å². The molecule has 0 aliphatic heterocycles. The monoisotopic (exact) mass is 328 g/mol. The van der Waals surface area contributed by atoms with Crippen molar-refractivity contribution in [3.8, 4) is 0 Å². The van der Waals surface area contributed by atoms with Crippen molar-refractivity contribution in [1.82, 2.24) is 29.7 Å². The maximum Gasteiger partial charge on any atom is 0.396 e. The summed E-state index contributed by atoms with van der Waals surface area (Å²) in [7, 11) is 1.38. The Kier molecular flexibility index (Phi) is 2.51. The second kappa shape index (κ2) is 4.09. The summed E-state index contributed by atoms with van der Waals surface area (Å²) in [5.41, 5.74) is -2.66. The van der Waals surface area contributed by atoms with Gasteiger partial charge in [-0.15, -0.1) is 5.10 Å². The average Bonchev–Trinajstić information content (AvgIpc) is 2.81. The number of aromatic nitrogens is 5. The van der Waals surface area contributed by atoms with E-state index in [9.17, 15) is 22.8 Å². The Hall–Kier alpha value is -2.46. The molecule has 3 aliphatic carbocycles. The predicted molar refractivity (Wildman–Crippen MR) is 68.5 cm³/mol. The summed E-state index contributed by atoms with van der Waals surface area (Å²) in [5.74, 6) is -0.938. The maximum atomic E-state index is 13.1. The van der Waals surface area contributed by atoms with Gasteiger partial charge >= 0.3 is 11.9 Å². The van der Waals surface area contributed by atoms with E-state index < -0.39 is 29.2 Å².